The summed E-state index contributed by atoms with van der Waals surface area (Å²) in [5.74, 6) is 0.664. The second kappa shape index (κ2) is 9.14. The van der Waals surface area contributed by atoms with Gasteiger partial charge in [0, 0.05) is 55.9 Å². The number of hydrogen-bond acceptors (Lipinski definition) is 4. The highest BCUT2D eigenvalue weighted by molar-refractivity contribution is 5.84. The number of aromatic nitrogens is 3. The van der Waals surface area contributed by atoms with Crippen LogP contribution in [0.25, 0.3) is 10.9 Å². The van der Waals surface area contributed by atoms with E-state index in [0.29, 0.717) is 13.2 Å². The van der Waals surface area contributed by atoms with E-state index in [9.17, 15) is 4.39 Å². The van der Waals surface area contributed by atoms with Gasteiger partial charge >= 0.3 is 0 Å². The number of fused-ring (bicyclic) bond motifs is 1. The molecule has 2 aromatic carbocycles. The van der Waals surface area contributed by atoms with Gasteiger partial charge in [-0.05, 0) is 42.0 Å². The molecule has 6 nitrogen and oxygen atoms in total. The first kappa shape index (κ1) is 20.7. The Morgan fingerprint density at radius 1 is 1.19 bits per heavy atom. The molecular formula is C25H27FN4O2. The number of rotatable bonds is 7. The number of H-pyrrole nitrogens is 1. The number of nitrogens with zero attached hydrogens (tertiary/aromatic N) is 3. The molecule has 0 amide bonds. The first-order valence-electron chi connectivity index (χ1n) is 10.9. The number of morpholine rings is 1. The monoisotopic (exact) mass is 434 g/mol. The minimum absolute atomic E-state index is 0.0875. The Bertz CT molecular complexity index is 1190. The fourth-order valence-corrected chi connectivity index (χ4v) is 4.31. The number of aromatic amines is 1. The van der Waals surface area contributed by atoms with Crippen LogP contribution in [0.5, 0.6) is 5.75 Å². The third-order valence-corrected chi connectivity index (χ3v) is 5.94. The molecule has 5 rings (SSSR count). The molecule has 1 aliphatic heterocycles. The van der Waals surface area contributed by atoms with Gasteiger partial charge in [0.05, 0.1) is 18.9 Å². The topological polar surface area (TPSA) is 55.3 Å². The van der Waals surface area contributed by atoms with E-state index in [0.717, 1.165) is 59.7 Å². The van der Waals surface area contributed by atoms with Crippen LogP contribution in [0.2, 0.25) is 0 Å². The molecule has 4 aromatic rings. The van der Waals surface area contributed by atoms with Crippen molar-refractivity contribution in [2.75, 3.05) is 26.3 Å². The molecule has 2 aromatic heterocycles. The molecule has 166 valence electrons. The van der Waals surface area contributed by atoms with Gasteiger partial charge in [0.15, 0.2) is 0 Å². The summed E-state index contributed by atoms with van der Waals surface area (Å²) in [6.07, 6.45) is 2.75. The van der Waals surface area contributed by atoms with Crippen molar-refractivity contribution in [2.24, 2.45) is 7.05 Å². The molecule has 1 unspecified atom stereocenters. The van der Waals surface area contributed by atoms with Crippen molar-refractivity contribution in [2.45, 2.75) is 19.1 Å². The van der Waals surface area contributed by atoms with Gasteiger partial charge in [-0.1, -0.05) is 18.2 Å². The summed E-state index contributed by atoms with van der Waals surface area (Å²) in [7, 11) is 2.00. The van der Waals surface area contributed by atoms with Crippen LogP contribution >= 0.6 is 0 Å². The maximum Gasteiger partial charge on any atom is 0.123 e. The molecule has 1 N–H and O–H groups in total. The van der Waals surface area contributed by atoms with E-state index < -0.39 is 0 Å². The van der Waals surface area contributed by atoms with Crippen LogP contribution in [0, 0.1) is 5.82 Å². The Kier molecular flexibility index (Phi) is 5.92. The number of nitrogens with one attached hydrogen (secondary N) is 1. The van der Waals surface area contributed by atoms with Gasteiger partial charge in [-0.15, -0.1) is 0 Å². The van der Waals surface area contributed by atoms with Gasteiger partial charge < -0.3 is 14.0 Å². The Labute approximate surface area is 186 Å². The van der Waals surface area contributed by atoms with Crippen LogP contribution in [0.15, 0.2) is 60.8 Å². The van der Waals surface area contributed by atoms with Crippen molar-refractivity contribution in [1.82, 2.24) is 19.7 Å². The minimum atomic E-state index is -0.204. The molecule has 0 spiro atoms. The predicted molar refractivity (Wildman–Crippen MR) is 121 cm³/mol. The highest BCUT2D eigenvalue weighted by atomic mass is 19.1. The second-order valence-corrected chi connectivity index (χ2v) is 8.25. The fraction of sp³-hybridized carbons (Fsp3) is 0.320. The van der Waals surface area contributed by atoms with Gasteiger partial charge in [-0.2, -0.15) is 5.10 Å². The average molecular weight is 435 g/mol. The van der Waals surface area contributed by atoms with E-state index in [4.69, 9.17) is 9.47 Å². The molecule has 32 heavy (non-hydrogen) atoms. The number of halogens is 1. The standard InChI is InChI=1S/C25H27FN4O2/c1-29-15-18(22-13-19(26)7-8-24(22)29)16-30-10-12-32-25(17-30)23-14-20(27-28-23)9-11-31-21-5-3-2-4-6-21/h2-8,13-15,25H,9-12,16-17H2,1H3,(H,27,28). The number of ether oxygens (including phenoxy) is 2. The third-order valence-electron chi connectivity index (χ3n) is 5.94. The van der Waals surface area contributed by atoms with Gasteiger partial charge in [-0.3, -0.25) is 10.00 Å². The van der Waals surface area contributed by atoms with Crippen molar-refractivity contribution in [3.63, 3.8) is 0 Å². The molecule has 0 radical (unpaired) electrons. The van der Waals surface area contributed by atoms with Crippen LogP contribution in [-0.4, -0.2) is 46.0 Å². The van der Waals surface area contributed by atoms with Gasteiger partial charge in [-0.25, -0.2) is 4.39 Å². The summed E-state index contributed by atoms with van der Waals surface area (Å²) < 4.78 is 27.7. The SMILES string of the molecule is Cn1cc(CN2CCOC(c3cc(CCOc4ccccc4)[nH]n3)C2)c2cc(F)ccc21. The first-order valence-corrected chi connectivity index (χ1v) is 10.9. The Morgan fingerprint density at radius 3 is 2.94 bits per heavy atom. The molecule has 1 saturated heterocycles. The fourth-order valence-electron chi connectivity index (χ4n) is 4.31. The number of benzene rings is 2. The quantitative estimate of drug-likeness (QED) is 0.473. The van der Waals surface area contributed by atoms with Gasteiger partial charge in [0.2, 0.25) is 0 Å². The molecule has 0 bridgehead atoms. The normalized spacial score (nSPS) is 17.1. The van der Waals surface area contributed by atoms with E-state index in [-0.39, 0.29) is 11.9 Å². The van der Waals surface area contributed by atoms with Crippen molar-refractivity contribution >= 4 is 10.9 Å². The molecule has 1 atom stereocenters. The predicted octanol–water partition coefficient (Wildman–Crippen LogP) is 4.24. The number of aryl methyl sites for hydroxylation is 1. The molecule has 7 heteroatoms. The second-order valence-electron chi connectivity index (χ2n) is 8.25. The van der Waals surface area contributed by atoms with E-state index in [1.807, 2.05) is 43.4 Å². The molecule has 1 aliphatic rings. The molecule has 1 fully saturated rings. The number of para-hydroxylation sites is 1. The highest BCUT2D eigenvalue weighted by Gasteiger charge is 2.25. The summed E-state index contributed by atoms with van der Waals surface area (Å²) >= 11 is 0. The van der Waals surface area contributed by atoms with Crippen LogP contribution in [0.4, 0.5) is 4.39 Å². The van der Waals surface area contributed by atoms with Crippen LogP contribution in [-0.2, 0) is 24.8 Å². The molecule has 0 aliphatic carbocycles. The maximum atomic E-state index is 13.8. The Morgan fingerprint density at radius 2 is 2.06 bits per heavy atom. The van der Waals surface area contributed by atoms with Gasteiger partial charge in [0.1, 0.15) is 17.7 Å². The lowest BCUT2D eigenvalue weighted by Crippen LogP contribution is -2.37. The molecule has 0 saturated carbocycles. The van der Waals surface area contributed by atoms with E-state index in [1.54, 1.807) is 6.07 Å². The lowest BCUT2D eigenvalue weighted by Gasteiger charge is -2.32. The Hall–Kier alpha value is -3.16. The molecule has 3 heterocycles. The summed E-state index contributed by atoms with van der Waals surface area (Å²) in [5.41, 5.74) is 4.11. The van der Waals surface area contributed by atoms with Crippen molar-refractivity contribution in [1.29, 1.82) is 0 Å². The lowest BCUT2D eigenvalue weighted by molar-refractivity contribution is -0.0349. The highest BCUT2D eigenvalue weighted by Crippen LogP contribution is 2.26. The van der Waals surface area contributed by atoms with Crippen molar-refractivity contribution < 1.29 is 13.9 Å². The van der Waals surface area contributed by atoms with Crippen molar-refractivity contribution in [3.8, 4) is 5.75 Å². The summed E-state index contributed by atoms with van der Waals surface area (Å²) in [6.45, 7) is 3.56. The van der Waals surface area contributed by atoms with Crippen LogP contribution in [0.1, 0.15) is 23.1 Å². The zero-order valence-corrected chi connectivity index (χ0v) is 18.1. The van der Waals surface area contributed by atoms with Gasteiger partial charge in [0.25, 0.3) is 0 Å². The lowest BCUT2D eigenvalue weighted by atomic mass is 10.1. The van der Waals surface area contributed by atoms with Crippen LogP contribution in [0.3, 0.4) is 0 Å². The van der Waals surface area contributed by atoms with E-state index >= 15 is 0 Å². The summed E-state index contributed by atoms with van der Waals surface area (Å²) in [5, 5.41) is 8.57. The zero-order valence-electron chi connectivity index (χ0n) is 18.1. The van der Waals surface area contributed by atoms with E-state index in [2.05, 4.69) is 31.9 Å². The van der Waals surface area contributed by atoms with E-state index in [1.165, 1.54) is 6.07 Å². The smallest absolute Gasteiger partial charge is 0.123 e. The Balaban J connectivity index is 1.21. The minimum Gasteiger partial charge on any atom is -0.493 e. The zero-order chi connectivity index (χ0) is 21.9. The third kappa shape index (κ3) is 4.54. The largest absolute Gasteiger partial charge is 0.493 e. The number of hydrogen-bond donors (Lipinski definition) is 1. The van der Waals surface area contributed by atoms with Crippen molar-refractivity contribution in [3.05, 3.63) is 83.6 Å². The maximum absolute atomic E-state index is 13.8. The summed E-state index contributed by atoms with van der Waals surface area (Å²) in [4.78, 5) is 2.35. The van der Waals surface area contributed by atoms with Crippen LogP contribution < -0.4 is 4.74 Å². The summed E-state index contributed by atoms with van der Waals surface area (Å²) in [6, 6.07) is 16.8. The average Bonchev–Trinajstić information content (AvgIpc) is 3.39. The first-order chi connectivity index (χ1) is 15.7. The molecular weight excluding hydrogens is 407 g/mol.